The molecule has 1 amide bonds. The number of nitrogens with one attached hydrogen (secondary N) is 1. The predicted octanol–water partition coefficient (Wildman–Crippen LogP) is 2.75. The summed E-state index contributed by atoms with van der Waals surface area (Å²) in [6.07, 6.45) is 3.77. The first kappa shape index (κ1) is 15.8. The van der Waals surface area contributed by atoms with Crippen LogP contribution in [-0.4, -0.2) is 37.6 Å². The zero-order valence-electron chi connectivity index (χ0n) is 13.1. The average molecular weight is 290 g/mol. The van der Waals surface area contributed by atoms with Gasteiger partial charge in [0.1, 0.15) is 5.75 Å². The van der Waals surface area contributed by atoms with Crippen molar-refractivity contribution in [3.05, 3.63) is 29.8 Å². The molecule has 2 rings (SSSR count). The Morgan fingerprint density at radius 1 is 1.38 bits per heavy atom. The lowest BCUT2D eigenvalue weighted by molar-refractivity contribution is -0.122. The van der Waals surface area contributed by atoms with E-state index < -0.39 is 0 Å². The van der Waals surface area contributed by atoms with E-state index >= 15 is 0 Å². The topological polar surface area (TPSA) is 41.6 Å². The molecule has 0 bridgehead atoms. The van der Waals surface area contributed by atoms with E-state index in [1.165, 1.54) is 12.8 Å². The molecule has 116 valence electrons. The first-order chi connectivity index (χ1) is 10.2. The number of rotatable bonds is 7. The van der Waals surface area contributed by atoms with Crippen LogP contribution in [0.3, 0.4) is 0 Å². The molecule has 0 aliphatic carbocycles. The second-order valence-electron chi connectivity index (χ2n) is 5.70. The van der Waals surface area contributed by atoms with Crippen LogP contribution in [0.5, 0.6) is 5.75 Å². The normalized spacial score (nSPS) is 17.2. The van der Waals surface area contributed by atoms with Crippen molar-refractivity contribution in [3.8, 4) is 5.75 Å². The van der Waals surface area contributed by atoms with Crippen LogP contribution < -0.4 is 10.1 Å². The van der Waals surface area contributed by atoms with Crippen LogP contribution in [0.4, 0.5) is 0 Å². The van der Waals surface area contributed by atoms with Gasteiger partial charge in [0.05, 0.1) is 12.6 Å². The van der Waals surface area contributed by atoms with E-state index in [9.17, 15) is 4.79 Å². The van der Waals surface area contributed by atoms with Gasteiger partial charge in [-0.15, -0.1) is 0 Å². The average Bonchev–Trinajstić information content (AvgIpc) is 2.51. The number of benzene rings is 1. The van der Waals surface area contributed by atoms with Crippen LogP contribution in [0.25, 0.3) is 0 Å². The maximum atomic E-state index is 12.1. The molecule has 1 N–H and O–H groups in total. The Balaban J connectivity index is 1.81. The summed E-state index contributed by atoms with van der Waals surface area (Å²) in [5.41, 5.74) is 1.09. The fourth-order valence-electron chi connectivity index (χ4n) is 2.59. The Kier molecular flexibility index (Phi) is 6.05. The number of nitrogens with zero attached hydrogens (tertiary/aromatic N) is 1. The number of carbonyl (C=O) groups is 1. The van der Waals surface area contributed by atoms with E-state index in [0.717, 1.165) is 30.8 Å². The van der Waals surface area contributed by atoms with E-state index in [1.54, 1.807) is 0 Å². The van der Waals surface area contributed by atoms with Gasteiger partial charge in [0.15, 0.2) is 0 Å². The zero-order chi connectivity index (χ0) is 15.1. The van der Waals surface area contributed by atoms with Crippen LogP contribution >= 0.6 is 0 Å². The van der Waals surface area contributed by atoms with Gasteiger partial charge in [0.2, 0.25) is 5.91 Å². The van der Waals surface area contributed by atoms with Gasteiger partial charge < -0.3 is 15.0 Å². The van der Waals surface area contributed by atoms with Gasteiger partial charge >= 0.3 is 0 Å². The van der Waals surface area contributed by atoms with Crippen molar-refractivity contribution in [2.75, 3.05) is 26.7 Å². The summed E-state index contributed by atoms with van der Waals surface area (Å²) in [5, 5.41) is 3.14. The Morgan fingerprint density at radius 3 is 3.00 bits per heavy atom. The van der Waals surface area contributed by atoms with Gasteiger partial charge in [-0.2, -0.15) is 0 Å². The number of amides is 1. The molecule has 1 aliphatic heterocycles. The van der Waals surface area contributed by atoms with E-state index in [0.29, 0.717) is 13.0 Å². The summed E-state index contributed by atoms with van der Waals surface area (Å²) < 4.78 is 5.62. The van der Waals surface area contributed by atoms with Crippen molar-refractivity contribution in [1.82, 2.24) is 10.2 Å². The molecule has 4 nitrogen and oxygen atoms in total. The third-order valence-corrected chi connectivity index (χ3v) is 3.91. The van der Waals surface area contributed by atoms with Crippen LogP contribution in [-0.2, 0) is 4.79 Å². The lowest BCUT2D eigenvalue weighted by atomic mass is 10.0. The number of carbonyl (C=O) groups excluding carboxylic acids is 1. The second kappa shape index (κ2) is 8.03. The minimum absolute atomic E-state index is 0.0865. The smallest absolute Gasteiger partial charge is 0.221 e. The van der Waals surface area contributed by atoms with Crippen molar-refractivity contribution in [3.63, 3.8) is 0 Å². The highest BCUT2D eigenvalue weighted by atomic mass is 16.5. The minimum Gasteiger partial charge on any atom is -0.493 e. The molecule has 0 radical (unpaired) electrons. The Hall–Kier alpha value is -1.55. The molecule has 0 aromatic heterocycles. The molecule has 0 saturated carbocycles. The highest BCUT2D eigenvalue weighted by Gasteiger charge is 2.22. The van der Waals surface area contributed by atoms with Crippen LogP contribution in [0, 0.1) is 0 Å². The summed E-state index contributed by atoms with van der Waals surface area (Å²) >= 11 is 0. The molecule has 0 fully saturated rings. The SMILES string of the molecule is CCCCN(C)CCC(=O)NC1CCOc2ccccc21. The monoisotopic (exact) mass is 290 g/mol. The summed E-state index contributed by atoms with van der Waals surface area (Å²) in [6, 6.07) is 8.04. The van der Waals surface area contributed by atoms with E-state index in [2.05, 4.69) is 24.2 Å². The van der Waals surface area contributed by atoms with Gasteiger partial charge in [-0.25, -0.2) is 0 Å². The first-order valence-electron chi connectivity index (χ1n) is 7.90. The summed E-state index contributed by atoms with van der Waals surface area (Å²) in [4.78, 5) is 14.3. The third kappa shape index (κ3) is 4.74. The quantitative estimate of drug-likeness (QED) is 0.839. The van der Waals surface area contributed by atoms with Crippen LogP contribution in [0.15, 0.2) is 24.3 Å². The van der Waals surface area contributed by atoms with Gasteiger partial charge in [0, 0.05) is 24.9 Å². The van der Waals surface area contributed by atoms with Gasteiger partial charge in [-0.3, -0.25) is 4.79 Å². The standard InChI is InChI=1S/C17H26N2O2/c1-3-4-11-19(2)12-9-17(20)18-15-10-13-21-16-8-6-5-7-14(15)16/h5-8,15H,3-4,9-13H2,1-2H3,(H,18,20). The van der Waals surface area contributed by atoms with E-state index in [-0.39, 0.29) is 11.9 Å². The fraction of sp³-hybridized carbons (Fsp3) is 0.588. The summed E-state index contributed by atoms with van der Waals surface area (Å²) in [7, 11) is 2.08. The maximum Gasteiger partial charge on any atom is 0.221 e. The maximum absolute atomic E-state index is 12.1. The number of hydrogen-bond acceptors (Lipinski definition) is 3. The van der Waals surface area contributed by atoms with Gasteiger partial charge in [0.25, 0.3) is 0 Å². The Bertz CT molecular complexity index is 462. The molecule has 0 saturated heterocycles. The molecule has 1 aromatic carbocycles. The molecule has 4 heteroatoms. The van der Waals surface area contributed by atoms with E-state index in [1.807, 2.05) is 24.3 Å². The van der Waals surface area contributed by atoms with Crippen molar-refractivity contribution >= 4 is 5.91 Å². The molecule has 1 aliphatic rings. The molecule has 1 unspecified atom stereocenters. The molecule has 1 aromatic rings. The molecule has 0 spiro atoms. The molecular weight excluding hydrogens is 264 g/mol. The van der Waals surface area contributed by atoms with Crippen LogP contribution in [0.1, 0.15) is 44.2 Å². The highest BCUT2D eigenvalue weighted by Crippen LogP contribution is 2.31. The number of fused-ring (bicyclic) bond motifs is 1. The van der Waals surface area contributed by atoms with Gasteiger partial charge in [-0.05, 0) is 26.1 Å². The largest absolute Gasteiger partial charge is 0.493 e. The highest BCUT2D eigenvalue weighted by molar-refractivity contribution is 5.76. The Morgan fingerprint density at radius 2 is 2.19 bits per heavy atom. The Labute approximate surface area is 127 Å². The van der Waals surface area contributed by atoms with Crippen molar-refractivity contribution in [1.29, 1.82) is 0 Å². The zero-order valence-corrected chi connectivity index (χ0v) is 13.1. The number of para-hydroxylation sites is 1. The van der Waals surface area contributed by atoms with Gasteiger partial charge in [-0.1, -0.05) is 31.5 Å². The summed E-state index contributed by atoms with van der Waals surface area (Å²) in [6.45, 7) is 4.72. The fourth-order valence-corrected chi connectivity index (χ4v) is 2.59. The number of hydrogen-bond donors (Lipinski definition) is 1. The molecule has 1 heterocycles. The molecule has 21 heavy (non-hydrogen) atoms. The number of ether oxygens (including phenoxy) is 1. The number of unbranched alkanes of at least 4 members (excludes halogenated alkanes) is 1. The van der Waals surface area contributed by atoms with Crippen LogP contribution in [0.2, 0.25) is 0 Å². The molecular formula is C17H26N2O2. The minimum atomic E-state index is 0.0865. The lowest BCUT2D eigenvalue weighted by Gasteiger charge is -2.27. The lowest BCUT2D eigenvalue weighted by Crippen LogP contribution is -2.34. The predicted molar refractivity (Wildman–Crippen MR) is 84.5 cm³/mol. The second-order valence-corrected chi connectivity index (χ2v) is 5.70. The van der Waals surface area contributed by atoms with Crippen molar-refractivity contribution < 1.29 is 9.53 Å². The third-order valence-electron chi connectivity index (χ3n) is 3.91. The first-order valence-corrected chi connectivity index (χ1v) is 7.90. The molecule has 1 atom stereocenters. The summed E-state index contributed by atoms with van der Waals surface area (Å²) in [5.74, 6) is 1.02. The van der Waals surface area contributed by atoms with Crippen molar-refractivity contribution in [2.24, 2.45) is 0 Å². The van der Waals surface area contributed by atoms with Crippen molar-refractivity contribution in [2.45, 2.75) is 38.6 Å². The van der Waals surface area contributed by atoms with E-state index in [4.69, 9.17) is 4.74 Å².